The van der Waals surface area contributed by atoms with Crippen molar-refractivity contribution in [3.63, 3.8) is 0 Å². The molecular formula is C17H14ClFN4O. The Morgan fingerprint density at radius 1 is 1.29 bits per heavy atom. The van der Waals surface area contributed by atoms with Crippen molar-refractivity contribution in [1.29, 1.82) is 0 Å². The number of carbonyl (C=O) groups is 1. The molecule has 0 amide bonds. The number of rotatable bonds is 4. The lowest BCUT2D eigenvalue weighted by molar-refractivity contribution is 0.104. The highest BCUT2D eigenvalue weighted by atomic mass is 35.5. The molecule has 7 heteroatoms. The molecule has 1 aromatic carbocycles. The van der Waals surface area contributed by atoms with Crippen molar-refractivity contribution in [2.45, 2.75) is 6.92 Å². The van der Waals surface area contributed by atoms with Gasteiger partial charge in [0.15, 0.2) is 5.78 Å². The van der Waals surface area contributed by atoms with Crippen LogP contribution in [0.3, 0.4) is 0 Å². The molecule has 0 saturated carbocycles. The first-order valence-corrected chi connectivity index (χ1v) is 7.55. The highest BCUT2D eigenvalue weighted by molar-refractivity contribution is 6.31. The van der Waals surface area contributed by atoms with Gasteiger partial charge in [0, 0.05) is 18.8 Å². The number of aromatic nitrogens is 4. The van der Waals surface area contributed by atoms with Gasteiger partial charge in [-0.25, -0.2) is 9.07 Å². The quantitative estimate of drug-likeness (QED) is 0.536. The molecule has 0 N–H and O–H groups in total. The second-order valence-electron chi connectivity index (χ2n) is 5.28. The number of benzene rings is 1. The average Bonchev–Trinajstić information content (AvgIpc) is 3.10. The van der Waals surface area contributed by atoms with E-state index in [9.17, 15) is 9.18 Å². The minimum absolute atomic E-state index is 0.173. The Hall–Kier alpha value is -2.73. The van der Waals surface area contributed by atoms with Crippen LogP contribution in [0.2, 0.25) is 5.15 Å². The Kier molecular flexibility index (Phi) is 4.31. The number of hydrogen-bond donors (Lipinski definition) is 0. The van der Waals surface area contributed by atoms with Crippen LogP contribution < -0.4 is 0 Å². The lowest BCUT2D eigenvalue weighted by atomic mass is 10.2. The SMILES string of the molecule is Cc1nn(-c2ccc(F)cc2)c(Cl)c1/C=C/C(=O)c1cnn(C)c1. The Labute approximate surface area is 143 Å². The average molecular weight is 345 g/mol. The first kappa shape index (κ1) is 16.1. The van der Waals surface area contributed by atoms with Gasteiger partial charge in [0.1, 0.15) is 11.0 Å². The summed E-state index contributed by atoms with van der Waals surface area (Å²) in [5.74, 6) is -0.506. The van der Waals surface area contributed by atoms with Crippen LogP contribution in [0.25, 0.3) is 11.8 Å². The largest absolute Gasteiger partial charge is 0.289 e. The molecule has 2 heterocycles. The number of nitrogens with zero attached hydrogens (tertiary/aromatic N) is 4. The number of halogens is 2. The molecule has 0 aliphatic rings. The molecule has 0 aliphatic heterocycles. The molecule has 0 spiro atoms. The van der Waals surface area contributed by atoms with Crippen LogP contribution in [0.5, 0.6) is 0 Å². The molecule has 0 atom stereocenters. The molecule has 5 nitrogen and oxygen atoms in total. The standard InChI is InChI=1S/C17H14ClFN4O/c1-11-15(7-8-16(24)12-9-20-22(2)10-12)17(18)23(21-11)14-5-3-13(19)4-6-14/h3-10H,1-2H3/b8-7+. The molecule has 2 aromatic heterocycles. The molecule has 0 fully saturated rings. The molecule has 24 heavy (non-hydrogen) atoms. The number of aryl methyl sites for hydroxylation is 2. The van der Waals surface area contributed by atoms with Crippen LogP contribution >= 0.6 is 11.6 Å². The van der Waals surface area contributed by atoms with E-state index in [1.165, 1.54) is 29.1 Å². The summed E-state index contributed by atoms with van der Waals surface area (Å²) in [5, 5.41) is 8.67. The van der Waals surface area contributed by atoms with Crippen LogP contribution in [0, 0.1) is 12.7 Å². The van der Waals surface area contributed by atoms with Crippen molar-refractivity contribution in [2.24, 2.45) is 7.05 Å². The van der Waals surface area contributed by atoms with Crippen molar-refractivity contribution < 1.29 is 9.18 Å². The maximum Gasteiger partial charge on any atom is 0.189 e. The van der Waals surface area contributed by atoms with Crippen molar-refractivity contribution in [3.05, 3.63) is 70.5 Å². The zero-order chi connectivity index (χ0) is 17.3. The van der Waals surface area contributed by atoms with Crippen LogP contribution in [0.15, 0.2) is 42.7 Å². The fraction of sp³-hybridized carbons (Fsp3) is 0.118. The first-order chi connectivity index (χ1) is 11.5. The third-order valence-electron chi connectivity index (χ3n) is 3.51. The zero-order valence-electron chi connectivity index (χ0n) is 13.1. The Bertz CT molecular complexity index is 925. The van der Waals surface area contributed by atoms with Gasteiger partial charge in [0.05, 0.1) is 23.1 Å². The minimum Gasteiger partial charge on any atom is -0.289 e. The van der Waals surface area contributed by atoms with E-state index in [4.69, 9.17) is 11.6 Å². The summed E-state index contributed by atoms with van der Waals surface area (Å²) in [7, 11) is 1.74. The topological polar surface area (TPSA) is 52.7 Å². The van der Waals surface area contributed by atoms with Crippen molar-refractivity contribution in [3.8, 4) is 5.69 Å². The second kappa shape index (κ2) is 6.41. The first-order valence-electron chi connectivity index (χ1n) is 7.18. The Morgan fingerprint density at radius 2 is 2.00 bits per heavy atom. The maximum absolute atomic E-state index is 13.0. The molecule has 3 rings (SSSR count). The summed E-state index contributed by atoms with van der Waals surface area (Å²) in [6.45, 7) is 1.79. The summed E-state index contributed by atoms with van der Waals surface area (Å²) in [4.78, 5) is 12.1. The van der Waals surface area contributed by atoms with E-state index in [2.05, 4.69) is 10.2 Å². The number of ketones is 1. The molecule has 0 aliphatic carbocycles. The highest BCUT2D eigenvalue weighted by Gasteiger charge is 2.13. The van der Waals surface area contributed by atoms with Gasteiger partial charge in [-0.2, -0.15) is 10.2 Å². The minimum atomic E-state index is -0.332. The predicted octanol–water partition coefficient (Wildman–Crippen LogP) is 3.60. The van der Waals surface area contributed by atoms with Gasteiger partial charge in [-0.05, 0) is 43.3 Å². The number of hydrogen-bond acceptors (Lipinski definition) is 3. The van der Waals surface area contributed by atoms with Crippen LogP contribution in [0.4, 0.5) is 4.39 Å². The van der Waals surface area contributed by atoms with E-state index < -0.39 is 0 Å². The maximum atomic E-state index is 13.0. The fourth-order valence-corrected chi connectivity index (χ4v) is 2.59. The smallest absolute Gasteiger partial charge is 0.189 e. The van der Waals surface area contributed by atoms with E-state index in [1.54, 1.807) is 43.1 Å². The molecular weight excluding hydrogens is 331 g/mol. The van der Waals surface area contributed by atoms with E-state index in [1.807, 2.05) is 0 Å². The molecule has 0 radical (unpaired) electrons. The molecule has 0 unspecified atom stereocenters. The van der Waals surface area contributed by atoms with Crippen LogP contribution in [0.1, 0.15) is 21.6 Å². The molecule has 122 valence electrons. The summed E-state index contributed by atoms with van der Waals surface area (Å²) in [6, 6.07) is 5.85. The third-order valence-corrected chi connectivity index (χ3v) is 3.87. The monoisotopic (exact) mass is 344 g/mol. The van der Waals surface area contributed by atoms with Gasteiger partial charge in [-0.3, -0.25) is 9.48 Å². The highest BCUT2D eigenvalue weighted by Crippen LogP contribution is 2.25. The van der Waals surface area contributed by atoms with E-state index in [0.717, 1.165) is 0 Å². The molecule has 0 saturated heterocycles. The zero-order valence-corrected chi connectivity index (χ0v) is 13.8. The van der Waals surface area contributed by atoms with Crippen molar-refractivity contribution in [1.82, 2.24) is 19.6 Å². The lowest BCUT2D eigenvalue weighted by Gasteiger charge is -2.02. The van der Waals surface area contributed by atoms with Gasteiger partial charge >= 0.3 is 0 Å². The number of carbonyl (C=O) groups excluding carboxylic acids is 1. The van der Waals surface area contributed by atoms with Crippen molar-refractivity contribution >= 4 is 23.5 Å². The van der Waals surface area contributed by atoms with Gasteiger partial charge < -0.3 is 0 Å². The molecule has 3 aromatic rings. The van der Waals surface area contributed by atoms with Gasteiger partial charge in [0.2, 0.25) is 0 Å². The van der Waals surface area contributed by atoms with Gasteiger partial charge in [-0.1, -0.05) is 11.6 Å². The molecule has 0 bridgehead atoms. The van der Waals surface area contributed by atoms with E-state index in [-0.39, 0.29) is 11.6 Å². The van der Waals surface area contributed by atoms with Gasteiger partial charge in [-0.15, -0.1) is 0 Å². The third kappa shape index (κ3) is 3.14. The summed E-state index contributed by atoms with van der Waals surface area (Å²) in [6.07, 6.45) is 6.20. The van der Waals surface area contributed by atoms with Gasteiger partial charge in [0.25, 0.3) is 0 Å². The Balaban J connectivity index is 1.90. The predicted molar refractivity (Wildman–Crippen MR) is 89.8 cm³/mol. The van der Waals surface area contributed by atoms with Crippen LogP contribution in [-0.4, -0.2) is 25.3 Å². The fourth-order valence-electron chi connectivity index (χ4n) is 2.26. The Morgan fingerprint density at radius 3 is 2.62 bits per heavy atom. The van der Waals surface area contributed by atoms with E-state index >= 15 is 0 Å². The van der Waals surface area contributed by atoms with E-state index in [0.29, 0.717) is 27.7 Å². The number of allylic oxidation sites excluding steroid dienone is 1. The second-order valence-corrected chi connectivity index (χ2v) is 5.64. The van der Waals surface area contributed by atoms with Crippen LogP contribution in [-0.2, 0) is 7.05 Å². The van der Waals surface area contributed by atoms with Crippen molar-refractivity contribution in [2.75, 3.05) is 0 Å². The summed E-state index contributed by atoms with van der Waals surface area (Å²) >= 11 is 6.37. The summed E-state index contributed by atoms with van der Waals surface area (Å²) in [5.41, 5.74) is 2.44. The summed E-state index contributed by atoms with van der Waals surface area (Å²) < 4.78 is 16.1. The lowest BCUT2D eigenvalue weighted by Crippen LogP contribution is -1.96. The normalized spacial score (nSPS) is 11.3.